The van der Waals surface area contributed by atoms with Crippen LogP contribution in [-0.2, 0) is 0 Å². The first kappa shape index (κ1) is 17.5. The molecule has 25 heavy (non-hydrogen) atoms. The van der Waals surface area contributed by atoms with Crippen LogP contribution in [0.2, 0.25) is 0 Å². The van der Waals surface area contributed by atoms with Gasteiger partial charge >= 0.3 is 6.03 Å². The summed E-state index contributed by atoms with van der Waals surface area (Å²) in [4.78, 5) is 19.1. The number of rotatable bonds is 5. The SMILES string of the molecule is CC(C)CC(NC(=O)N1CCC(n2cccn2)CC1)c1ccccn1. The lowest BCUT2D eigenvalue weighted by molar-refractivity contribution is 0.164. The van der Waals surface area contributed by atoms with Crippen LogP contribution in [0.1, 0.15) is 50.9 Å². The number of carbonyl (C=O) groups is 1. The van der Waals surface area contributed by atoms with Crippen LogP contribution in [0.3, 0.4) is 0 Å². The predicted octanol–water partition coefficient (Wildman–Crippen LogP) is 3.41. The van der Waals surface area contributed by atoms with E-state index in [1.807, 2.05) is 46.2 Å². The van der Waals surface area contributed by atoms with Gasteiger partial charge in [0.1, 0.15) is 0 Å². The zero-order valence-electron chi connectivity index (χ0n) is 15.0. The Morgan fingerprint density at radius 3 is 2.64 bits per heavy atom. The van der Waals surface area contributed by atoms with Gasteiger partial charge in [0, 0.05) is 31.7 Å². The number of amides is 2. The fourth-order valence-corrected chi connectivity index (χ4v) is 3.38. The van der Waals surface area contributed by atoms with Gasteiger partial charge in [-0.15, -0.1) is 0 Å². The minimum absolute atomic E-state index is 0.00946. The molecule has 0 spiro atoms. The molecule has 3 heterocycles. The van der Waals surface area contributed by atoms with Crippen molar-refractivity contribution in [3.63, 3.8) is 0 Å². The Morgan fingerprint density at radius 1 is 1.24 bits per heavy atom. The van der Waals surface area contributed by atoms with Gasteiger partial charge in [-0.25, -0.2) is 4.79 Å². The topological polar surface area (TPSA) is 63.1 Å². The molecule has 1 fully saturated rings. The fourth-order valence-electron chi connectivity index (χ4n) is 3.38. The average molecular weight is 341 g/mol. The molecule has 1 saturated heterocycles. The first-order valence-corrected chi connectivity index (χ1v) is 9.09. The predicted molar refractivity (Wildman–Crippen MR) is 97.0 cm³/mol. The quantitative estimate of drug-likeness (QED) is 0.906. The van der Waals surface area contributed by atoms with Crippen LogP contribution in [0.5, 0.6) is 0 Å². The third kappa shape index (κ3) is 4.59. The lowest BCUT2D eigenvalue weighted by Crippen LogP contribution is -2.46. The van der Waals surface area contributed by atoms with E-state index in [4.69, 9.17) is 0 Å². The van der Waals surface area contributed by atoms with E-state index in [1.54, 1.807) is 6.20 Å². The standard InChI is InChI=1S/C19H27N5O/c1-15(2)14-18(17-6-3-4-9-20-17)22-19(25)23-12-7-16(8-13-23)24-11-5-10-21-24/h3-6,9-11,15-16,18H,7-8,12-14H2,1-2H3,(H,22,25). The normalized spacial score (nSPS) is 16.8. The maximum atomic E-state index is 12.7. The Hall–Kier alpha value is -2.37. The highest BCUT2D eigenvalue weighted by atomic mass is 16.2. The fraction of sp³-hybridized carbons (Fsp3) is 0.526. The number of piperidine rings is 1. The minimum Gasteiger partial charge on any atom is -0.330 e. The molecular weight excluding hydrogens is 314 g/mol. The third-order valence-corrected chi connectivity index (χ3v) is 4.70. The second-order valence-corrected chi connectivity index (χ2v) is 7.09. The van der Waals surface area contributed by atoms with Gasteiger partial charge in [-0.2, -0.15) is 5.10 Å². The number of hydrogen-bond donors (Lipinski definition) is 1. The molecule has 1 N–H and O–H groups in total. The number of nitrogens with one attached hydrogen (secondary N) is 1. The largest absolute Gasteiger partial charge is 0.330 e. The van der Waals surface area contributed by atoms with Gasteiger partial charge in [-0.05, 0) is 43.4 Å². The lowest BCUT2D eigenvalue weighted by Gasteiger charge is -2.33. The first-order valence-electron chi connectivity index (χ1n) is 9.09. The summed E-state index contributed by atoms with van der Waals surface area (Å²) in [5, 5.41) is 7.51. The zero-order valence-corrected chi connectivity index (χ0v) is 15.0. The van der Waals surface area contributed by atoms with Gasteiger partial charge in [-0.3, -0.25) is 9.67 Å². The second kappa shape index (κ2) is 8.14. The maximum absolute atomic E-state index is 12.7. The van der Waals surface area contributed by atoms with E-state index >= 15 is 0 Å². The number of hydrogen-bond acceptors (Lipinski definition) is 3. The highest BCUT2D eigenvalue weighted by Crippen LogP contribution is 2.23. The van der Waals surface area contributed by atoms with Gasteiger partial charge in [-0.1, -0.05) is 19.9 Å². The summed E-state index contributed by atoms with van der Waals surface area (Å²) in [6.07, 6.45) is 8.35. The average Bonchev–Trinajstić information content (AvgIpc) is 3.16. The van der Waals surface area contributed by atoms with Crippen LogP contribution < -0.4 is 5.32 Å². The molecule has 2 amide bonds. The van der Waals surface area contributed by atoms with Crippen molar-refractivity contribution >= 4 is 6.03 Å². The Balaban J connectivity index is 1.58. The van der Waals surface area contributed by atoms with Gasteiger partial charge < -0.3 is 10.2 Å². The van der Waals surface area contributed by atoms with Crippen molar-refractivity contribution in [2.24, 2.45) is 5.92 Å². The molecular formula is C19H27N5O. The monoisotopic (exact) mass is 341 g/mol. The van der Waals surface area contributed by atoms with Crippen LogP contribution in [0.4, 0.5) is 4.79 Å². The zero-order chi connectivity index (χ0) is 17.6. The van der Waals surface area contributed by atoms with E-state index in [-0.39, 0.29) is 12.1 Å². The summed E-state index contributed by atoms with van der Waals surface area (Å²) in [6, 6.07) is 8.16. The Labute approximate surface area is 149 Å². The molecule has 0 radical (unpaired) electrons. The number of likely N-dealkylation sites (tertiary alicyclic amines) is 1. The van der Waals surface area contributed by atoms with E-state index in [0.717, 1.165) is 38.0 Å². The molecule has 0 bridgehead atoms. The Morgan fingerprint density at radius 2 is 2.04 bits per heavy atom. The molecule has 2 aromatic heterocycles. The number of nitrogens with zero attached hydrogens (tertiary/aromatic N) is 4. The van der Waals surface area contributed by atoms with Crippen molar-refractivity contribution < 1.29 is 4.79 Å². The molecule has 2 aromatic rings. The van der Waals surface area contributed by atoms with Crippen molar-refractivity contribution in [3.8, 4) is 0 Å². The van der Waals surface area contributed by atoms with Crippen LogP contribution in [0.15, 0.2) is 42.9 Å². The van der Waals surface area contributed by atoms with Gasteiger partial charge in [0.15, 0.2) is 0 Å². The minimum atomic E-state index is -0.0439. The maximum Gasteiger partial charge on any atom is 0.317 e. The van der Waals surface area contributed by atoms with E-state index < -0.39 is 0 Å². The van der Waals surface area contributed by atoms with E-state index in [9.17, 15) is 4.79 Å². The van der Waals surface area contributed by atoms with Gasteiger partial charge in [0.25, 0.3) is 0 Å². The second-order valence-electron chi connectivity index (χ2n) is 7.09. The van der Waals surface area contributed by atoms with Crippen molar-refractivity contribution in [1.82, 2.24) is 25.0 Å². The van der Waals surface area contributed by atoms with E-state index in [0.29, 0.717) is 12.0 Å². The van der Waals surface area contributed by atoms with Crippen LogP contribution >= 0.6 is 0 Å². The highest BCUT2D eigenvalue weighted by Gasteiger charge is 2.26. The lowest BCUT2D eigenvalue weighted by atomic mass is 10.0. The van der Waals surface area contributed by atoms with Crippen LogP contribution in [-0.4, -0.2) is 38.8 Å². The van der Waals surface area contributed by atoms with E-state index in [1.165, 1.54) is 0 Å². The summed E-state index contributed by atoms with van der Waals surface area (Å²) in [7, 11) is 0. The molecule has 0 aromatic carbocycles. The molecule has 0 saturated carbocycles. The third-order valence-electron chi connectivity index (χ3n) is 4.70. The molecule has 6 nitrogen and oxygen atoms in total. The number of carbonyl (C=O) groups excluding carboxylic acids is 1. The van der Waals surface area contributed by atoms with Crippen molar-refractivity contribution in [2.45, 2.75) is 45.2 Å². The summed E-state index contributed by atoms with van der Waals surface area (Å²) in [5.41, 5.74) is 0.927. The van der Waals surface area contributed by atoms with Gasteiger partial charge in [0.2, 0.25) is 0 Å². The molecule has 1 atom stereocenters. The molecule has 6 heteroatoms. The molecule has 1 unspecified atom stereocenters. The summed E-state index contributed by atoms with van der Waals surface area (Å²) < 4.78 is 2.00. The number of aromatic nitrogens is 3. The van der Waals surface area contributed by atoms with E-state index in [2.05, 4.69) is 29.2 Å². The molecule has 0 aliphatic carbocycles. The first-order chi connectivity index (χ1) is 12.1. The van der Waals surface area contributed by atoms with Crippen molar-refractivity contribution in [1.29, 1.82) is 0 Å². The molecule has 134 valence electrons. The Kier molecular flexibility index (Phi) is 5.68. The van der Waals surface area contributed by atoms with Crippen molar-refractivity contribution in [3.05, 3.63) is 48.5 Å². The summed E-state index contributed by atoms with van der Waals surface area (Å²) in [6.45, 7) is 5.84. The highest BCUT2D eigenvalue weighted by molar-refractivity contribution is 5.74. The summed E-state index contributed by atoms with van der Waals surface area (Å²) in [5.74, 6) is 0.484. The number of pyridine rings is 1. The smallest absolute Gasteiger partial charge is 0.317 e. The number of urea groups is 1. The van der Waals surface area contributed by atoms with Crippen LogP contribution in [0.25, 0.3) is 0 Å². The Bertz CT molecular complexity index is 648. The molecule has 1 aliphatic heterocycles. The molecule has 1 aliphatic rings. The van der Waals surface area contributed by atoms with Crippen LogP contribution in [0, 0.1) is 5.92 Å². The molecule has 3 rings (SSSR count). The van der Waals surface area contributed by atoms with Crippen molar-refractivity contribution in [2.75, 3.05) is 13.1 Å². The summed E-state index contributed by atoms with van der Waals surface area (Å²) >= 11 is 0. The van der Waals surface area contributed by atoms with Gasteiger partial charge in [0.05, 0.1) is 17.8 Å².